The molecule has 1 aromatic carbocycles. The van der Waals surface area contributed by atoms with Crippen LogP contribution in [0.25, 0.3) is 0 Å². The number of nitrogens with zero attached hydrogens (tertiary/aromatic N) is 4. The summed E-state index contributed by atoms with van der Waals surface area (Å²) in [5.74, 6) is 0.653. The van der Waals surface area contributed by atoms with Crippen molar-refractivity contribution in [2.75, 3.05) is 18.9 Å². The van der Waals surface area contributed by atoms with Crippen molar-refractivity contribution >= 4 is 10.0 Å². The molecule has 3 rings (SSSR count). The van der Waals surface area contributed by atoms with Gasteiger partial charge < -0.3 is 4.74 Å². The minimum absolute atomic E-state index is 0.0338. The van der Waals surface area contributed by atoms with Crippen LogP contribution in [0.5, 0.6) is 5.75 Å². The van der Waals surface area contributed by atoms with Crippen LogP contribution < -0.4 is 10.3 Å². The lowest BCUT2D eigenvalue weighted by Gasteiger charge is -2.26. The van der Waals surface area contributed by atoms with Crippen molar-refractivity contribution in [2.24, 2.45) is 0 Å². The summed E-state index contributed by atoms with van der Waals surface area (Å²) in [6, 6.07) is 8.77. The number of benzene rings is 1. The highest BCUT2D eigenvalue weighted by molar-refractivity contribution is 7.89. The molecule has 0 bridgehead atoms. The highest BCUT2D eigenvalue weighted by atomic mass is 32.2. The van der Waals surface area contributed by atoms with Crippen LogP contribution in [0.2, 0.25) is 0 Å². The zero-order valence-electron chi connectivity index (χ0n) is 15.0. The Hall–Kier alpha value is -2.70. The third-order valence-electron chi connectivity index (χ3n) is 4.50. The highest BCUT2D eigenvalue weighted by Gasteiger charge is 2.27. The van der Waals surface area contributed by atoms with Gasteiger partial charge in [-0.05, 0) is 37.6 Å². The molecule has 0 radical (unpaired) electrons. The van der Waals surface area contributed by atoms with Crippen molar-refractivity contribution in [3.63, 3.8) is 0 Å². The summed E-state index contributed by atoms with van der Waals surface area (Å²) in [5.41, 5.74) is 1.49. The Labute approximate surface area is 157 Å². The first-order valence-electron chi connectivity index (χ1n) is 8.62. The maximum atomic E-state index is 12.6. The van der Waals surface area contributed by atoms with Gasteiger partial charge in [-0.3, -0.25) is 9.36 Å². The lowest BCUT2D eigenvalue weighted by molar-refractivity contribution is 0.294. The molecule has 0 aliphatic carbocycles. The molecule has 0 amide bonds. The Kier molecular flexibility index (Phi) is 5.58. The maximum Gasteiger partial charge on any atom is 0.256 e. The van der Waals surface area contributed by atoms with Crippen molar-refractivity contribution in [3.8, 4) is 11.8 Å². The average Bonchev–Trinajstić information content (AvgIpc) is 2.70. The molecule has 142 valence electrons. The molecule has 0 saturated heterocycles. The van der Waals surface area contributed by atoms with E-state index < -0.39 is 10.0 Å². The van der Waals surface area contributed by atoms with E-state index in [2.05, 4.69) is 4.98 Å². The van der Waals surface area contributed by atoms with Gasteiger partial charge in [-0.1, -0.05) is 0 Å². The second-order valence-corrected chi connectivity index (χ2v) is 8.39. The van der Waals surface area contributed by atoms with Crippen LogP contribution in [0.4, 0.5) is 0 Å². The fraction of sp³-hybridized carbons (Fsp3) is 0.389. The molecule has 1 aromatic heterocycles. The van der Waals surface area contributed by atoms with Crippen molar-refractivity contribution in [1.82, 2.24) is 13.9 Å². The topological polar surface area (TPSA) is 105 Å². The monoisotopic (exact) mass is 388 g/mol. The van der Waals surface area contributed by atoms with E-state index in [0.717, 1.165) is 0 Å². The van der Waals surface area contributed by atoms with Crippen LogP contribution in [-0.2, 0) is 29.5 Å². The number of nitriles is 1. The van der Waals surface area contributed by atoms with Crippen LogP contribution in [-0.4, -0.2) is 41.2 Å². The summed E-state index contributed by atoms with van der Waals surface area (Å²) in [4.78, 5) is 16.9. The average molecular weight is 388 g/mol. The second kappa shape index (κ2) is 7.90. The zero-order valence-corrected chi connectivity index (χ0v) is 15.8. The molecule has 2 aromatic rings. The molecule has 0 atom stereocenters. The van der Waals surface area contributed by atoms with Crippen LogP contribution in [0, 0.1) is 11.3 Å². The third kappa shape index (κ3) is 4.18. The Balaban J connectivity index is 1.67. The second-order valence-electron chi connectivity index (χ2n) is 6.14. The SMILES string of the molecule is CCS(=O)(=O)N1CCc2c(ncn(CCOc3ccc(C#N)cc3)c2=O)C1. The maximum absolute atomic E-state index is 12.6. The normalized spacial score (nSPS) is 14.4. The minimum atomic E-state index is -3.29. The molecule has 0 saturated carbocycles. The van der Waals surface area contributed by atoms with Crippen LogP contribution in [0.3, 0.4) is 0 Å². The van der Waals surface area contributed by atoms with E-state index in [1.54, 1.807) is 31.2 Å². The molecule has 1 aliphatic rings. The van der Waals surface area contributed by atoms with Gasteiger partial charge in [0.15, 0.2) is 0 Å². The molecule has 0 fully saturated rings. The lowest BCUT2D eigenvalue weighted by atomic mass is 10.1. The quantitative estimate of drug-likeness (QED) is 0.728. The number of fused-ring (bicyclic) bond motifs is 1. The van der Waals surface area contributed by atoms with Crippen LogP contribution in [0.15, 0.2) is 35.4 Å². The first-order valence-corrected chi connectivity index (χ1v) is 10.2. The van der Waals surface area contributed by atoms with E-state index in [9.17, 15) is 13.2 Å². The predicted octanol–water partition coefficient (Wildman–Crippen LogP) is 0.902. The van der Waals surface area contributed by atoms with Crippen molar-refractivity contribution in [2.45, 2.75) is 26.4 Å². The molecular formula is C18H20N4O4S. The van der Waals surface area contributed by atoms with Crippen molar-refractivity contribution in [1.29, 1.82) is 5.26 Å². The molecule has 27 heavy (non-hydrogen) atoms. The zero-order chi connectivity index (χ0) is 19.4. The Morgan fingerprint density at radius 1 is 1.30 bits per heavy atom. The van der Waals surface area contributed by atoms with E-state index in [-0.39, 0.29) is 24.5 Å². The van der Waals surface area contributed by atoms with Gasteiger partial charge in [0.1, 0.15) is 12.4 Å². The standard InChI is InChI=1S/C18H20N4O4S/c1-2-27(24,25)22-8-7-16-17(12-22)20-13-21(18(16)23)9-10-26-15-5-3-14(11-19)4-6-15/h3-6,13H,2,7-10,12H2,1H3. The summed E-state index contributed by atoms with van der Waals surface area (Å²) in [6.07, 6.45) is 1.79. The van der Waals surface area contributed by atoms with E-state index in [1.165, 1.54) is 15.2 Å². The number of rotatable bonds is 6. The highest BCUT2D eigenvalue weighted by Crippen LogP contribution is 2.17. The van der Waals surface area contributed by atoms with Gasteiger partial charge in [-0.2, -0.15) is 9.57 Å². The van der Waals surface area contributed by atoms with E-state index in [1.807, 2.05) is 6.07 Å². The molecular weight excluding hydrogens is 368 g/mol. The number of ether oxygens (including phenoxy) is 1. The first-order chi connectivity index (χ1) is 12.9. The summed E-state index contributed by atoms with van der Waals surface area (Å²) >= 11 is 0. The van der Waals surface area contributed by atoms with Gasteiger partial charge in [0.05, 0.1) is 42.5 Å². The van der Waals surface area contributed by atoms with Crippen LogP contribution in [0.1, 0.15) is 23.7 Å². The van der Waals surface area contributed by atoms with E-state index in [0.29, 0.717) is 42.1 Å². The Morgan fingerprint density at radius 3 is 2.70 bits per heavy atom. The minimum Gasteiger partial charge on any atom is -0.492 e. The van der Waals surface area contributed by atoms with Gasteiger partial charge in [-0.15, -0.1) is 0 Å². The van der Waals surface area contributed by atoms with Gasteiger partial charge in [0.2, 0.25) is 10.0 Å². The molecule has 0 N–H and O–H groups in total. The summed E-state index contributed by atoms with van der Waals surface area (Å²) in [6.45, 7) is 2.65. The smallest absolute Gasteiger partial charge is 0.256 e. The molecule has 9 heteroatoms. The van der Waals surface area contributed by atoms with Crippen molar-refractivity contribution in [3.05, 3.63) is 57.8 Å². The van der Waals surface area contributed by atoms with Crippen LogP contribution >= 0.6 is 0 Å². The molecule has 0 unspecified atom stereocenters. The summed E-state index contributed by atoms with van der Waals surface area (Å²) in [7, 11) is -3.29. The number of hydrogen-bond acceptors (Lipinski definition) is 6. The lowest BCUT2D eigenvalue weighted by Crippen LogP contribution is -2.41. The fourth-order valence-corrected chi connectivity index (χ4v) is 3.96. The summed E-state index contributed by atoms with van der Waals surface area (Å²) < 4.78 is 32.5. The fourth-order valence-electron chi connectivity index (χ4n) is 2.90. The molecule has 1 aliphatic heterocycles. The van der Waals surface area contributed by atoms with Gasteiger partial charge in [0, 0.05) is 12.1 Å². The Morgan fingerprint density at radius 2 is 2.04 bits per heavy atom. The predicted molar refractivity (Wildman–Crippen MR) is 98.7 cm³/mol. The molecule has 0 spiro atoms. The molecule has 8 nitrogen and oxygen atoms in total. The van der Waals surface area contributed by atoms with Crippen molar-refractivity contribution < 1.29 is 13.2 Å². The summed E-state index contributed by atoms with van der Waals surface area (Å²) in [5, 5.41) is 8.78. The van der Waals surface area contributed by atoms with Gasteiger partial charge in [0.25, 0.3) is 5.56 Å². The Bertz CT molecular complexity index is 1020. The number of hydrogen-bond donors (Lipinski definition) is 0. The number of sulfonamides is 1. The van der Waals surface area contributed by atoms with E-state index in [4.69, 9.17) is 10.00 Å². The van der Waals surface area contributed by atoms with E-state index >= 15 is 0 Å². The first kappa shape index (κ1) is 19.1. The van der Waals surface area contributed by atoms with Gasteiger partial charge in [-0.25, -0.2) is 13.4 Å². The largest absolute Gasteiger partial charge is 0.492 e. The third-order valence-corrected chi connectivity index (χ3v) is 6.33. The van der Waals surface area contributed by atoms with Gasteiger partial charge >= 0.3 is 0 Å². The molecule has 2 heterocycles. The number of aromatic nitrogens is 2.